The molecule has 0 spiro atoms. The SMILES string of the molecule is COc1cc(OC)cc(C(=O)N2CCC(n3cc(C4CC4)nn3)C2)c1. The van der Waals surface area contributed by atoms with E-state index in [-0.39, 0.29) is 11.9 Å². The second kappa shape index (κ2) is 6.38. The van der Waals surface area contributed by atoms with E-state index < -0.39 is 0 Å². The second-order valence-corrected chi connectivity index (χ2v) is 6.69. The standard InChI is InChI=1S/C18H22N4O3/c1-24-15-7-13(8-16(9-15)25-2)18(23)21-6-5-14(10-21)22-11-17(19-20-22)12-3-4-12/h7-9,11-12,14H,3-6,10H2,1-2H3. The van der Waals surface area contributed by atoms with E-state index in [0.717, 1.165) is 12.1 Å². The van der Waals surface area contributed by atoms with Crippen LogP contribution < -0.4 is 9.47 Å². The van der Waals surface area contributed by atoms with Gasteiger partial charge in [-0.3, -0.25) is 4.79 Å². The van der Waals surface area contributed by atoms with Crippen molar-refractivity contribution in [1.82, 2.24) is 19.9 Å². The van der Waals surface area contributed by atoms with Gasteiger partial charge in [0.15, 0.2) is 0 Å². The van der Waals surface area contributed by atoms with Gasteiger partial charge in [0.05, 0.1) is 26.0 Å². The summed E-state index contributed by atoms with van der Waals surface area (Å²) >= 11 is 0. The van der Waals surface area contributed by atoms with E-state index in [9.17, 15) is 4.79 Å². The van der Waals surface area contributed by atoms with Gasteiger partial charge in [0.1, 0.15) is 11.5 Å². The van der Waals surface area contributed by atoms with Crippen molar-refractivity contribution in [2.45, 2.75) is 31.2 Å². The predicted octanol–water partition coefficient (Wildman–Crippen LogP) is 2.26. The number of amides is 1. The van der Waals surface area contributed by atoms with E-state index in [1.54, 1.807) is 32.4 Å². The molecular weight excluding hydrogens is 320 g/mol. The zero-order valence-electron chi connectivity index (χ0n) is 14.5. The van der Waals surface area contributed by atoms with Gasteiger partial charge in [-0.05, 0) is 31.4 Å². The number of methoxy groups -OCH3 is 2. The lowest BCUT2D eigenvalue weighted by atomic mass is 10.1. The van der Waals surface area contributed by atoms with Crippen LogP contribution in [-0.4, -0.2) is 53.1 Å². The molecule has 0 radical (unpaired) electrons. The van der Waals surface area contributed by atoms with Gasteiger partial charge in [-0.1, -0.05) is 5.21 Å². The molecule has 1 atom stereocenters. The predicted molar refractivity (Wildman–Crippen MR) is 91.1 cm³/mol. The molecule has 2 aromatic rings. The number of hydrogen-bond acceptors (Lipinski definition) is 5. The molecule has 25 heavy (non-hydrogen) atoms. The molecule has 2 aliphatic rings. The minimum atomic E-state index is -0.0118. The molecule has 1 aliphatic heterocycles. The van der Waals surface area contributed by atoms with E-state index in [2.05, 4.69) is 10.3 Å². The maximum atomic E-state index is 12.9. The second-order valence-electron chi connectivity index (χ2n) is 6.69. The Labute approximate surface area is 146 Å². The number of ether oxygens (including phenoxy) is 2. The molecule has 2 fully saturated rings. The largest absolute Gasteiger partial charge is 0.497 e. The van der Waals surface area contributed by atoms with Crippen molar-refractivity contribution in [3.8, 4) is 11.5 Å². The minimum absolute atomic E-state index is 0.0118. The zero-order valence-corrected chi connectivity index (χ0v) is 14.5. The van der Waals surface area contributed by atoms with Gasteiger partial charge < -0.3 is 14.4 Å². The molecule has 4 rings (SSSR count). The highest BCUT2D eigenvalue weighted by molar-refractivity contribution is 5.95. The molecule has 2 heterocycles. The van der Waals surface area contributed by atoms with Crippen molar-refractivity contribution in [2.24, 2.45) is 0 Å². The summed E-state index contributed by atoms with van der Waals surface area (Å²) in [5, 5.41) is 8.54. The monoisotopic (exact) mass is 342 g/mol. The van der Waals surface area contributed by atoms with E-state index in [1.165, 1.54) is 12.8 Å². The van der Waals surface area contributed by atoms with Crippen molar-refractivity contribution in [1.29, 1.82) is 0 Å². The van der Waals surface area contributed by atoms with Crippen molar-refractivity contribution >= 4 is 5.91 Å². The summed E-state index contributed by atoms with van der Waals surface area (Å²) < 4.78 is 12.4. The first-order valence-electron chi connectivity index (χ1n) is 8.62. The molecule has 0 N–H and O–H groups in total. The topological polar surface area (TPSA) is 69.5 Å². The van der Waals surface area contributed by atoms with E-state index in [0.29, 0.717) is 36.1 Å². The summed E-state index contributed by atoms with van der Waals surface area (Å²) in [4.78, 5) is 14.7. The van der Waals surface area contributed by atoms with Crippen molar-refractivity contribution in [2.75, 3.05) is 27.3 Å². The van der Waals surface area contributed by atoms with Crippen LogP contribution in [0.2, 0.25) is 0 Å². The van der Waals surface area contributed by atoms with Crippen molar-refractivity contribution in [3.05, 3.63) is 35.7 Å². The van der Waals surface area contributed by atoms with Crippen LogP contribution in [0.1, 0.15) is 47.3 Å². The van der Waals surface area contributed by atoms with Gasteiger partial charge in [0.2, 0.25) is 0 Å². The Balaban J connectivity index is 1.48. The molecule has 132 valence electrons. The first-order valence-corrected chi connectivity index (χ1v) is 8.62. The molecule has 0 bridgehead atoms. The smallest absolute Gasteiger partial charge is 0.254 e. The first kappa shape index (κ1) is 15.9. The Kier molecular flexibility index (Phi) is 4.07. The lowest BCUT2D eigenvalue weighted by molar-refractivity contribution is 0.0786. The van der Waals surface area contributed by atoms with Gasteiger partial charge in [-0.2, -0.15) is 0 Å². The summed E-state index contributed by atoms with van der Waals surface area (Å²) in [5.41, 5.74) is 1.66. The summed E-state index contributed by atoms with van der Waals surface area (Å²) in [5.74, 6) is 1.81. The molecule has 1 aromatic carbocycles. The molecule has 7 nitrogen and oxygen atoms in total. The Bertz CT molecular complexity index is 762. The highest BCUT2D eigenvalue weighted by Gasteiger charge is 2.31. The molecule has 1 saturated heterocycles. The fraction of sp³-hybridized carbons (Fsp3) is 0.500. The van der Waals surface area contributed by atoms with Crippen molar-refractivity contribution in [3.63, 3.8) is 0 Å². The number of aromatic nitrogens is 3. The summed E-state index contributed by atoms with van der Waals surface area (Å²) in [6.07, 6.45) is 5.36. The number of likely N-dealkylation sites (tertiary alicyclic amines) is 1. The number of hydrogen-bond donors (Lipinski definition) is 0. The maximum Gasteiger partial charge on any atom is 0.254 e. The van der Waals surface area contributed by atoms with Gasteiger partial charge in [-0.15, -0.1) is 5.10 Å². The Morgan fingerprint density at radius 2 is 1.84 bits per heavy atom. The first-order chi connectivity index (χ1) is 12.2. The number of carbonyl (C=O) groups excluding carboxylic acids is 1. The van der Waals surface area contributed by atoms with Crippen LogP contribution in [0.3, 0.4) is 0 Å². The number of nitrogens with zero attached hydrogens (tertiary/aromatic N) is 4. The molecule has 7 heteroatoms. The van der Waals surface area contributed by atoms with Gasteiger partial charge in [-0.25, -0.2) is 4.68 Å². The van der Waals surface area contributed by atoms with Crippen LogP contribution in [0.5, 0.6) is 11.5 Å². The highest BCUT2D eigenvalue weighted by atomic mass is 16.5. The highest BCUT2D eigenvalue weighted by Crippen LogP contribution is 2.39. The zero-order chi connectivity index (χ0) is 17.4. The maximum absolute atomic E-state index is 12.9. The average Bonchev–Trinajstić information content (AvgIpc) is 3.18. The lowest BCUT2D eigenvalue weighted by Gasteiger charge is -2.17. The minimum Gasteiger partial charge on any atom is -0.497 e. The van der Waals surface area contributed by atoms with Crippen LogP contribution in [0.25, 0.3) is 0 Å². The molecule has 1 unspecified atom stereocenters. The van der Waals surface area contributed by atoms with Crippen LogP contribution in [0.15, 0.2) is 24.4 Å². The third-order valence-electron chi connectivity index (χ3n) is 4.95. The summed E-state index contributed by atoms with van der Waals surface area (Å²) in [7, 11) is 3.16. The van der Waals surface area contributed by atoms with E-state index in [4.69, 9.17) is 9.47 Å². The normalized spacial score (nSPS) is 19.9. The molecule has 1 aromatic heterocycles. The number of carbonyl (C=O) groups is 1. The van der Waals surface area contributed by atoms with Gasteiger partial charge >= 0.3 is 0 Å². The van der Waals surface area contributed by atoms with E-state index in [1.807, 2.05) is 15.8 Å². The molecule has 1 aliphatic carbocycles. The Hall–Kier alpha value is -2.57. The number of benzene rings is 1. The fourth-order valence-corrected chi connectivity index (χ4v) is 3.29. The van der Waals surface area contributed by atoms with Crippen LogP contribution >= 0.6 is 0 Å². The van der Waals surface area contributed by atoms with Gasteiger partial charge in [0, 0.05) is 36.8 Å². The quantitative estimate of drug-likeness (QED) is 0.834. The van der Waals surface area contributed by atoms with Crippen LogP contribution in [0, 0.1) is 0 Å². The Morgan fingerprint density at radius 1 is 1.12 bits per heavy atom. The van der Waals surface area contributed by atoms with Gasteiger partial charge in [0.25, 0.3) is 5.91 Å². The lowest BCUT2D eigenvalue weighted by Crippen LogP contribution is -2.29. The molecular formula is C18H22N4O3. The third-order valence-corrected chi connectivity index (χ3v) is 4.95. The Morgan fingerprint density at radius 3 is 2.48 bits per heavy atom. The van der Waals surface area contributed by atoms with Crippen molar-refractivity contribution < 1.29 is 14.3 Å². The summed E-state index contributed by atoms with van der Waals surface area (Å²) in [6.45, 7) is 1.35. The third kappa shape index (κ3) is 3.18. The molecule has 1 saturated carbocycles. The van der Waals surface area contributed by atoms with E-state index >= 15 is 0 Å². The average molecular weight is 342 g/mol. The summed E-state index contributed by atoms with van der Waals surface area (Å²) in [6, 6.07) is 5.45. The fourth-order valence-electron chi connectivity index (χ4n) is 3.29. The molecule has 1 amide bonds. The van der Waals surface area contributed by atoms with Crippen LogP contribution in [-0.2, 0) is 0 Å². The van der Waals surface area contributed by atoms with Crippen LogP contribution in [0.4, 0.5) is 0 Å². The number of rotatable bonds is 5.